The molecule has 234 valence electrons. The SMILES string of the molecule is COc1ccc(NC(=O)COc2ccc(Cl)cc2[C@@H]2c3sc(=O)[nH]c3S[C@@H]3[C@@H]4C[C@@H]([C@@H]5C(=O)N(c6ccccc6)C(=O)[C@@H]45)[C@H]23)cc1. The highest BCUT2D eigenvalue weighted by Crippen LogP contribution is 2.69. The van der Waals surface area contributed by atoms with E-state index >= 15 is 0 Å². The first-order chi connectivity index (χ1) is 22.3. The zero-order chi connectivity index (χ0) is 31.7. The van der Waals surface area contributed by atoms with Crippen LogP contribution in [-0.4, -0.2) is 41.7 Å². The number of thiazole rings is 1. The van der Waals surface area contributed by atoms with Crippen LogP contribution in [0.15, 0.2) is 82.6 Å². The van der Waals surface area contributed by atoms with E-state index in [1.54, 1.807) is 67.4 Å². The minimum Gasteiger partial charge on any atom is -0.497 e. The van der Waals surface area contributed by atoms with E-state index in [0.717, 1.165) is 33.2 Å². The molecule has 12 heteroatoms. The quantitative estimate of drug-likeness (QED) is 0.238. The predicted molar refractivity (Wildman–Crippen MR) is 176 cm³/mol. The number of nitrogens with zero attached hydrogens (tertiary/aromatic N) is 1. The highest BCUT2D eigenvalue weighted by atomic mass is 35.5. The first-order valence-electron chi connectivity index (χ1n) is 15.0. The minimum absolute atomic E-state index is 0.00618. The summed E-state index contributed by atoms with van der Waals surface area (Å²) in [5.74, 6) is -0.737. The highest BCUT2D eigenvalue weighted by molar-refractivity contribution is 8.00. The van der Waals surface area contributed by atoms with Crippen molar-refractivity contribution in [2.24, 2.45) is 29.6 Å². The Hall–Kier alpha value is -4.06. The molecule has 3 heterocycles. The number of H-pyrrole nitrogens is 1. The summed E-state index contributed by atoms with van der Waals surface area (Å²) in [6.07, 6.45) is 0.758. The van der Waals surface area contributed by atoms with E-state index in [4.69, 9.17) is 21.1 Å². The number of imide groups is 1. The summed E-state index contributed by atoms with van der Waals surface area (Å²) < 4.78 is 11.3. The molecule has 7 atom stereocenters. The molecular weight excluding hydrogens is 646 g/mol. The zero-order valence-corrected chi connectivity index (χ0v) is 26.9. The molecule has 2 N–H and O–H groups in total. The summed E-state index contributed by atoms with van der Waals surface area (Å²) >= 11 is 9.35. The summed E-state index contributed by atoms with van der Waals surface area (Å²) in [6, 6.07) is 21.4. The number of methoxy groups -OCH3 is 1. The molecule has 1 aromatic heterocycles. The van der Waals surface area contributed by atoms with E-state index in [0.29, 0.717) is 27.9 Å². The Kier molecular flexibility index (Phi) is 7.23. The van der Waals surface area contributed by atoms with Crippen LogP contribution in [0.5, 0.6) is 11.5 Å². The second-order valence-electron chi connectivity index (χ2n) is 12.1. The first kappa shape index (κ1) is 29.3. The number of anilines is 2. The number of carbonyl (C=O) groups is 3. The Bertz CT molecular complexity index is 1930. The number of aromatic nitrogens is 1. The van der Waals surface area contributed by atoms with Crippen molar-refractivity contribution < 1.29 is 23.9 Å². The molecule has 4 aromatic rings. The van der Waals surface area contributed by atoms with Gasteiger partial charge in [0.25, 0.3) is 5.91 Å². The van der Waals surface area contributed by atoms with Crippen molar-refractivity contribution in [3.63, 3.8) is 0 Å². The Labute approximate surface area is 277 Å². The molecule has 3 amide bonds. The average molecular weight is 674 g/mol. The second-order valence-corrected chi connectivity index (χ2v) is 14.7. The van der Waals surface area contributed by atoms with Gasteiger partial charge in [0, 0.05) is 32.3 Å². The number of benzene rings is 3. The predicted octanol–water partition coefficient (Wildman–Crippen LogP) is 5.79. The highest BCUT2D eigenvalue weighted by Gasteiger charge is 2.69. The molecule has 0 unspecified atom stereocenters. The molecule has 3 fully saturated rings. The van der Waals surface area contributed by atoms with Gasteiger partial charge in [0.15, 0.2) is 6.61 Å². The maximum Gasteiger partial charge on any atom is 0.305 e. The lowest BCUT2D eigenvalue weighted by atomic mass is 9.68. The van der Waals surface area contributed by atoms with Crippen LogP contribution in [0.1, 0.15) is 22.8 Å². The van der Waals surface area contributed by atoms with Gasteiger partial charge < -0.3 is 19.8 Å². The normalized spacial score (nSPS) is 27.3. The number of thioether (sulfide) groups is 1. The third-order valence-corrected chi connectivity index (χ3v) is 12.6. The number of ether oxygens (including phenoxy) is 2. The fraction of sp³-hybridized carbons (Fsp3) is 0.294. The van der Waals surface area contributed by atoms with E-state index < -0.39 is 11.8 Å². The fourth-order valence-electron chi connectivity index (χ4n) is 8.11. The van der Waals surface area contributed by atoms with E-state index in [9.17, 15) is 19.2 Å². The van der Waals surface area contributed by atoms with Crippen LogP contribution in [0.3, 0.4) is 0 Å². The number of para-hydroxylation sites is 1. The van der Waals surface area contributed by atoms with Gasteiger partial charge in [-0.1, -0.05) is 41.1 Å². The van der Waals surface area contributed by atoms with Crippen molar-refractivity contribution in [3.8, 4) is 11.5 Å². The van der Waals surface area contributed by atoms with Gasteiger partial charge in [-0.25, -0.2) is 0 Å². The topological polar surface area (TPSA) is 118 Å². The number of aromatic amines is 1. The summed E-state index contributed by atoms with van der Waals surface area (Å²) in [6.45, 7) is -0.248. The van der Waals surface area contributed by atoms with Gasteiger partial charge >= 0.3 is 4.87 Å². The molecule has 2 saturated carbocycles. The standard InChI is InChI=1S/C34H28ClN3O6S2/c1-43-19-10-8-17(9-11-19)36-24(39)15-44-23-12-7-16(35)13-20(23)25-26-21-14-22(29(26)45-31-30(25)46-34(42)37-31)28-27(21)32(40)38(33(28)41)18-5-3-2-4-6-18/h2-13,21-22,25-29H,14-15H2,1H3,(H,36,39)(H,37,42)/t21-,22-,25+,26-,27+,28+,29-/m1/s1. The van der Waals surface area contributed by atoms with Crippen molar-refractivity contribution in [1.82, 2.24) is 4.98 Å². The van der Waals surface area contributed by atoms with E-state index in [2.05, 4.69) is 10.3 Å². The van der Waals surface area contributed by atoms with Crippen LogP contribution in [0.25, 0.3) is 0 Å². The maximum absolute atomic E-state index is 14.0. The van der Waals surface area contributed by atoms with Gasteiger partial charge in [0.05, 0.1) is 29.7 Å². The Morgan fingerprint density at radius 1 is 1.00 bits per heavy atom. The van der Waals surface area contributed by atoms with Crippen molar-refractivity contribution in [1.29, 1.82) is 0 Å². The van der Waals surface area contributed by atoms with E-state index in [1.807, 2.05) is 24.3 Å². The monoisotopic (exact) mass is 673 g/mol. The van der Waals surface area contributed by atoms with Crippen molar-refractivity contribution in [3.05, 3.63) is 97.9 Å². The average Bonchev–Trinajstić information content (AvgIpc) is 3.80. The number of rotatable bonds is 7. The van der Waals surface area contributed by atoms with Gasteiger partial charge in [0.2, 0.25) is 11.8 Å². The molecule has 2 bridgehead atoms. The molecule has 46 heavy (non-hydrogen) atoms. The lowest BCUT2D eigenvalue weighted by Crippen LogP contribution is -2.42. The van der Waals surface area contributed by atoms with Crippen molar-refractivity contribution in [2.45, 2.75) is 22.6 Å². The third kappa shape index (κ3) is 4.66. The van der Waals surface area contributed by atoms with Gasteiger partial charge in [-0.05, 0) is 78.8 Å². The van der Waals surface area contributed by atoms with Crippen LogP contribution in [0, 0.1) is 29.6 Å². The molecular formula is C34H28ClN3O6S2. The minimum atomic E-state index is -0.432. The van der Waals surface area contributed by atoms with Crippen molar-refractivity contribution in [2.75, 3.05) is 23.9 Å². The van der Waals surface area contributed by atoms with Crippen LogP contribution >= 0.6 is 34.7 Å². The number of hydrogen-bond donors (Lipinski definition) is 2. The van der Waals surface area contributed by atoms with Crippen LogP contribution in [-0.2, 0) is 14.4 Å². The fourth-order valence-corrected chi connectivity index (χ4v) is 11.2. The zero-order valence-electron chi connectivity index (χ0n) is 24.5. The summed E-state index contributed by atoms with van der Waals surface area (Å²) in [7, 11) is 1.58. The van der Waals surface area contributed by atoms with Crippen LogP contribution in [0.2, 0.25) is 5.02 Å². The van der Waals surface area contributed by atoms with Gasteiger partial charge in [-0.2, -0.15) is 0 Å². The Morgan fingerprint density at radius 2 is 1.74 bits per heavy atom. The number of halogens is 1. The van der Waals surface area contributed by atoms with Crippen LogP contribution < -0.4 is 24.6 Å². The number of fused-ring (bicyclic) bond motifs is 9. The summed E-state index contributed by atoms with van der Waals surface area (Å²) in [5.41, 5.74) is 1.97. The van der Waals surface area contributed by atoms with Crippen LogP contribution in [0.4, 0.5) is 11.4 Å². The van der Waals surface area contributed by atoms with Crippen molar-refractivity contribution >= 4 is 63.8 Å². The first-order valence-corrected chi connectivity index (χ1v) is 17.1. The number of amides is 3. The number of hydrogen-bond acceptors (Lipinski definition) is 8. The molecule has 3 aromatic carbocycles. The molecule has 0 spiro atoms. The second kappa shape index (κ2) is 11.3. The molecule has 2 aliphatic carbocycles. The Balaban J connectivity index is 1.13. The molecule has 4 aliphatic rings. The molecule has 1 saturated heterocycles. The van der Waals surface area contributed by atoms with E-state index in [-0.39, 0.29) is 58.1 Å². The Morgan fingerprint density at radius 3 is 2.48 bits per heavy atom. The summed E-state index contributed by atoms with van der Waals surface area (Å²) in [5, 5.41) is 4.12. The van der Waals surface area contributed by atoms with Gasteiger partial charge in [0.1, 0.15) is 11.5 Å². The number of carbonyl (C=O) groups excluding carboxylic acids is 3. The molecule has 0 radical (unpaired) electrons. The lowest BCUT2D eigenvalue weighted by molar-refractivity contribution is -0.123. The molecule has 2 aliphatic heterocycles. The largest absolute Gasteiger partial charge is 0.497 e. The van der Waals surface area contributed by atoms with E-state index in [1.165, 1.54) is 4.90 Å². The number of nitrogens with one attached hydrogen (secondary N) is 2. The van der Waals surface area contributed by atoms with Gasteiger partial charge in [-0.3, -0.25) is 24.1 Å². The lowest BCUT2D eigenvalue weighted by Gasteiger charge is -2.43. The maximum atomic E-state index is 14.0. The smallest absolute Gasteiger partial charge is 0.305 e. The third-order valence-electron chi connectivity index (χ3n) is 9.78. The van der Waals surface area contributed by atoms with Gasteiger partial charge in [-0.15, -0.1) is 11.8 Å². The molecule has 9 nitrogen and oxygen atoms in total. The molecule has 8 rings (SSSR count). The summed E-state index contributed by atoms with van der Waals surface area (Å²) in [4.78, 5) is 58.6.